The third kappa shape index (κ3) is 6.16. The number of hydrogen-bond acceptors (Lipinski definition) is 5. The molecule has 0 atom stereocenters. The summed E-state index contributed by atoms with van der Waals surface area (Å²) in [6, 6.07) is 59.7. The zero-order valence-corrected chi connectivity index (χ0v) is 34.8. The minimum Gasteiger partial charge on any atom is -0.509 e. The second kappa shape index (κ2) is 14.3. The molecule has 7 nitrogen and oxygen atoms in total. The van der Waals surface area contributed by atoms with Crippen LogP contribution in [0.4, 0.5) is 22.9 Å². The van der Waals surface area contributed by atoms with Gasteiger partial charge in [0.05, 0.1) is 16.7 Å². The second-order valence-electron chi connectivity index (χ2n) is 15.7. The maximum absolute atomic E-state index is 6.57. The van der Waals surface area contributed by atoms with Gasteiger partial charge in [0.2, 0.25) is 0 Å². The first-order valence-electron chi connectivity index (χ1n) is 19.5. The van der Waals surface area contributed by atoms with Crippen LogP contribution in [0.3, 0.4) is 0 Å². The fourth-order valence-corrected chi connectivity index (χ4v) is 8.27. The van der Waals surface area contributed by atoms with Crippen LogP contribution in [-0.4, -0.2) is 19.1 Å². The summed E-state index contributed by atoms with van der Waals surface area (Å²) in [5.41, 5.74) is 9.35. The van der Waals surface area contributed by atoms with Crippen molar-refractivity contribution in [3.63, 3.8) is 0 Å². The Labute approximate surface area is 357 Å². The van der Waals surface area contributed by atoms with Crippen molar-refractivity contribution >= 4 is 66.5 Å². The van der Waals surface area contributed by atoms with Gasteiger partial charge in [0.15, 0.2) is 0 Å². The number of pyridine rings is 2. The van der Waals surface area contributed by atoms with E-state index in [0.29, 0.717) is 11.5 Å². The molecule has 0 unspecified atom stereocenters. The van der Waals surface area contributed by atoms with E-state index in [4.69, 9.17) is 14.7 Å². The third-order valence-corrected chi connectivity index (χ3v) is 11.1. The molecule has 1 aliphatic heterocycles. The van der Waals surface area contributed by atoms with Crippen molar-refractivity contribution in [2.75, 3.05) is 9.80 Å². The molecule has 5 heterocycles. The van der Waals surface area contributed by atoms with E-state index in [1.54, 1.807) is 0 Å². The number of rotatable bonds is 6. The Hall–Kier alpha value is -6.69. The fraction of sp³-hybridized carbons (Fsp3) is 0.0784. The number of hydrogen-bond donors (Lipinski definition) is 0. The monoisotopic (exact) mass is 944 g/mol. The van der Waals surface area contributed by atoms with E-state index in [9.17, 15) is 0 Å². The van der Waals surface area contributed by atoms with Crippen molar-refractivity contribution in [1.82, 2.24) is 19.1 Å². The minimum atomic E-state index is -0.0209. The van der Waals surface area contributed by atoms with Gasteiger partial charge in [0.25, 0.3) is 0 Å². The first-order chi connectivity index (χ1) is 28.4. The Kier molecular flexibility index (Phi) is 8.88. The van der Waals surface area contributed by atoms with Crippen LogP contribution in [0.2, 0.25) is 0 Å². The van der Waals surface area contributed by atoms with Crippen LogP contribution < -0.4 is 14.5 Å². The van der Waals surface area contributed by atoms with Gasteiger partial charge in [-0.3, -0.25) is 0 Å². The van der Waals surface area contributed by atoms with Crippen LogP contribution in [-0.2, 0) is 26.5 Å². The maximum atomic E-state index is 6.57. The largest absolute Gasteiger partial charge is 0.509 e. The molecule has 8 heteroatoms. The molecule has 0 bridgehead atoms. The maximum Gasteiger partial charge on any atom is 0.135 e. The van der Waals surface area contributed by atoms with Gasteiger partial charge >= 0.3 is 0 Å². The molecule has 0 amide bonds. The Morgan fingerprint density at radius 2 is 1.25 bits per heavy atom. The molecule has 0 fully saturated rings. The second-order valence-corrected chi connectivity index (χ2v) is 15.7. The summed E-state index contributed by atoms with van der Waals surface area (Å²) in [6.07, 6.45) is 3.73. The van der Waals surface area contributed by atoms with Crippen LogP contribution >= 0.6 is 0 Å². The van der Waals surface area contributed by atoms with Gasteiger partial charge < -0.3 is 23.7 Å². The predicted octanol–water partition coefficient (Wildman–Crippen LogP) is 12.8. The van der Waals surface area contributed by atoms with Crippen LogP contribution in [0.1, 0.15) is 26.3 Å². The first kappa shape index (κ1) is 36.6. The third-order valence-electron chi connectivity index (χ3n) is 11.1. The smallest absolute Gasteiger partial charge is 0.135 e. The van der Waals surface area contributed by atoms with E-state index >= 15 is 0 Å². The first-order valence-corrected chi connectivity index (χ1v) is 19.5. The number of nitrogens with zero attached hydrogens (tertiary/aromatic N) is 6. The van der Waals surface area contributed by atoms with Crippen molar-refractivity contribution in [3.05, 3.63) is 188 Å². The van der Waals surface area contributed by atoms with Gasteiger partial charge in [-0.05, 0) is 77.0 Å². The van der Waals surface area contributed by atoms with Crippen LogP contribution in [0.15, 0.2) is 164 Å². The molecule has 1 aliphatic rings. The average Bonchev–Trinajstić information content (AvgIpc) is 3.91. The number of anilines is 4. The molecular formula is C51H37N6OPt-3. The quantitative estimate of drug-likeness (QED) is 0.156. The van der Waals surface area contributed by atoms with Crippen LogP contribution in [0, 0.1) is 18.8 Å². The summed E-state index contributed by atoms with van der Waals surface area (Å²) in [5, 5.41) is 4.64. The summed E-state index contributed by atoms with van der Waals surface area (Å²) >= 11 is 0. The molecule has 10 aromatic rings. The summed E-state index contributed by atoms with van der Waals surface area (Å²) in [5.74, 6) is 2.85. The summed E-state index contributed by atoms with van der Waals surface area (Å²) in [4.78, 5) is 14.0. The Morgan fingerprint density at radius 3 is 2.07 bits per heavy atom. The van der Waals surface area contributed by atoms with E-state index in [0.717, 1.165) is 61.7 Å². The van der Waals surface area contributed by atoms with Gasteiger partial charge in [-0.15, -0.1) is 48.1 Å². The molecule has 4 aromatic heterocycles. The zero-order valence-electron chi connectivity index (χ0n) is 32.6. The fourth-order valence-electron chi connectivity index (χ4n) is 8.27. The number of para-hydroxylation sites is 3. The van der Waals surface area contributed by atoms with E-state index in [1.165, 1.54) is 21.9 Å². The molecule has 0 aliphatic carbocycles. The topological polar surface area (TPSA) is 51.4 Å². The molecule has 0 radical (unpaired) electrons. The minimum absolute atomic E-state index is 0. The van der Waals surface area contributed by atoms with E-state index in [2.05, 4.69) is 180 Å². The molecule has 59 heavy (non-hydrogen) atoms. The van der Waals surface area contributed by atoms with Crippen molar-refractivity contribution in [2.45, 2.75) is 26.2 Å². The van der Waals surface area contributed by atoms with Gasteiger partial charge in [-0.2, -0.15) is 12.1 Å². The van der Waals surface area contributed by atoms with Crippen molar-refractivity contribution < 1.29 is 25.8 Å². The summed E-state index contributed by atoms with van der Waals surface area (Å²) < 4.78 is 11.1. The number of fused-ring (bicyclic) bond motifs is 7. The molecule has 290 valence electrons. The summed E-state index contributed by atoms with van der Waals surface area (Å²) in [6.45, 7) is 8.75. The predicted molar refractivity (Wildman–Crippen MR) is 235 cm³/mol. The van der Waals surface area contributed by atoms with Crippen LogP contribution in [0.5, 0.6) is 11.5 Å². The van der Waals surface area contributed by atoms with Gasteiger partial charge in [-0.1, -0.05) is 87.0 Å². The van der Waals surface area contributed by atoms with Crippen molar-refractivity contribution in [1.29, 1.82) is 0 Å². The zero-order chi connectivity index (χ0) is 39.0. The van der Waals surface area contributed by atoms with Crippen molar-refractivity contribution in [3.8, 4) is 23.0 Å². The van der Waals surface area contributed by atoms with Crippen molar-refractivity contribution in [2.24, 2.45) is 0 Å². The Balaban J connectivity index is 0.00000420. The van der Waals surface area contributed by atoms with E-state index < -0.39 is 0 Å². The molecular weight excluding hydrogens is 908 g/mol. The van der Waals surface area contributed by atoms with Gasteiger partial charge in [-0.25, -0.2) is 9.97 Å². The van der Waals surface area contributed by atoms with Gasteiger partial charge in [0, 0.05) is 72.6 Å². The molecule has 0 N–H and O–H groups in total. The number of benzene rings is 6. The molecule has 0 saturated carbocycles. The van der Waals surface area contributed by atoms with E-state index in [-0.39, 0.29) is 26.5 Å². The number of aromatic nitrogens is 4. The summed E-state index contributed by atoms with van der Waals surface area (Å²) in [7, 11) is 0. The normalized spacial score (nSPS) is 12.7. The standard InChI is InChI=1S/C51H37N6O.Pt/c1-51(2,3)34-26-28-52-49(29-34)57-45-20-10-8-18-41(45)43-25-23-39(32-48(43)57)58-38-16-11-15-36(30-38)54-33-55(50-46(54)21-12-27-53-50)37-22-24-42-40-17-7-9-19-44(40)56(47(42)31-37)35-13-5-4-6-14-35;/h4-29,31,33H,1-3H3;/q-3;. The Bertz CT molecular complexity index is 3200. The van der Waals surface area contributed by atoms with Gasteiger partial charge in [0.1, 0.15) is 11.6 Å². The molecule has 0 saturated heterocycles. The molecule has 6 aromatic carbocycles. The molecule has 0 spiro atoms. The van der Waals surface area contributed by atoms with E-state index in [1.807, 2.05) is 42.7 Å². The average molecular weight is 945 g/mol. The molecule has 11 rings (SSSR count). The SMILES string of the molecule is CC(C)(C)c1ccnc(-n2c3[c-]c(Oc4[c-]c(N5[CH-]N(c6ccc7c8ccccc8n(-c8ccccc8)c7c6)c6ncccc65)ccc4)ccc3c3ccccc32)c1.[Pt]. The Morgan fingerprint density at radius 1 is 0.542 bits per heavy atom. The van der Waals surface area contributed by atoms with Crippen LogP contribution in [0.25, 0.3) is 55.1 Å². The number of ether oxygens (including phenoxy) is 1.